The maximum absolute atomic E-state index is 12.1. The average Bonchev–Trinajstić information content (AvgIpc) is 3.40. The molecule has 23 heavy (non-hydrogen) atoms. The van der Waals surface area contributed by atoms with Crippen LogP contribution in [0.25, 0.3) is 0 Å². The van der Waals surface area contributed by atoms with E-state index in [9.17, 15) is 9.90 Å². The van der Waals surface area contributed by atoms with E-state index in [4.69, 9.17) is 0 Å². The predicted octanol–water partition coefficient (Wildman–Crippen LogP) is 2.42. The van der Waals surface area contributed by atoms with Crippen LogP contribution in [-0.4, -0.2) is 42.2 Å². The summed E-state index contributed by atoms with van der Waals surface area (Å²) in [6.07, 6.45) is 5.95. The van der Waals surface area contributed by atoms with Crippen LogP contribution in [0.3, 0.4) is 0 Å². The Hall–Kier alpha value is -1.39. The first-order valence-electron chi connectivity index (χ1n) is 8.95. The van der Waals surface area contributed by atoms with Gasteiger partial charge in [-0.3, -0.25) is 9.69 Å². The van der Waals surface area contributed by atoms with Gasteiger partial charge in [-0.2, -0.15) is 0 Å². The fraction of sp³-hybridized carbons (Fsp3) is 0.632. The van der Waals surface area contributed by atoms with Crippen molar-refractivity contribution in [2.45, 2.75) is 38.6 Å². The van der Waals surface area contributed by atoms with Crippen molar-refractivity contribution in [3.05, 3.63) is 35.4 Å². The Balaban J connectivity index is 1.43. The SMILES string of the molecule is O=C(NCCC1CC1)c1ccc(CN2CCC(CO)CC2)cc1. The van der Waals surface area contributed by atoms with Gasteiger partial charge in [-0.15, -0.1) is 0 Å². The first kappa shape index (κ1) is 16.5. The summed E-state index contributed by atoms with van der Waals surface area (Å²) in [5.41, 5.74) is 2.01. The van der Waals surface area contributed by atoms with Crippen LogP contribution >= 0.6 is 0 Å². The third kappa shape index (κ3) is 5.05. The zero-order valence-electron chi connectivity index (χ0n) is 13.8. The van der Waals surface area contributed by atoms with Gasteiger partial charge in [-0.25, -0.2) is 0 Å². The van der Waals surface area contributed by atoms with Gasteiger partial charge in [0.05, 0.1) is 0 Å². The molecule has 0 spiro atoms. The first-order valence-corrected chi connectivity index (χ1v) is 8.95. The highest BCUT2D eigenvalue weighted by Gasteiger charge is 2.21. The Bertz CT molecular complexity index is 503. The minimum atomic E-state index is 0.0426. The summed E-state index contributed by atoms with van der Waals surface area (Å²) in [6, 6.07) is 7.99. The van der Waals surface area contributed by atoms with Crippen molar-refractivity contribution in [1.29, 1.82) is 0 Å². The molecule has 4 heteroatoms. The van der Waals surface area contributed by atoms with Crippen molar-refractivity contribution < 1.29 is 9.90 Å². The van der Waals surface area contributed by atoms with E-state index < -0.39 is 0 Å². The maximum atomic E-state index is 12.1. The molecule has 2 aliphatic rings. The van der Waals surface area contributed by atoms with Crippen molar-refractivity contribution in [2.24, 2.45) is 11.8 Å². The highest BCUT2D eigenvalue weighted by Crippen LogP contribution is 2.31. The zero-order chi connectivity index (χ0) is 16.1. The van der Waals surface area contributed by atoms with Crippen LogP contribution in [0.5, 0.6) is 0 Å². The van der Waals surface area contributed by atoms with E-state index >= 15 is 0 Å². The molecular formula is C19H28N2O2. The monoisotopic (exact) mass is 316 g/mol. The van der Waals surface area contributed by atoms with E-state index in [1.54, 1.807) is 0 Å². The fourth-order valence-electron chi connectivity index (χ4n) is 3.25. The number of piperidine rings is 1. The summed E-state index contributed by atoms with van der Waals surface area (Å²) < 4.78 is 0. The molecule has 1 saturated heterocycles. The number of hydrogen-bond donors (Lipinski definition) is 2. The number of likely N-dealkylation sites (tertiary alicyclic amines) is 1. The Labute approximate surface area is 138 Å². The van der Waals surface area contributed by atoms with Crippen LogP contribution in [0.15, 0.2) is 24.3 Å². The number of amides is 1. The number of benzene rings is 1. The van der Waals surface area contributed by atoms with E-state index in [0.717, 1.165) is 56.9 Å². The third-order valence-electron chi connectivity index (χ3n) is 5.12. The normalized spacial score (nSPS) is 19.7. The Morgan fingerprint density at radius 1 is 1.09 bits per heavy atom. The average molecular weight is 316 g/mol. The van der Waals surface area contributed by atoms with Crippen LogP contribution in [0.1, 0.15) is 48.0 Å². The summed E-state index contributed by atoms with van der Waals surface area (Å²) in [4.78, 5) is 14.5. The predicted molar refractivity (Wildman–Crippen MR) is 91.2 cm³/mol. The Morgan fingerprint density at radius 3 is 2.39 bits per heavy atom. The molecule has 0 aromatic heterocycles. The topological polar surface area (TPSA) is 52.6 Å². The van der Waals surface area contributed by atoms with E-state index in [0.29, 0.717) is 12.5 Å². The molecule has 1 heterocycles. The van der Waals surface area contributed by atoms with Crippen molar-refractivity contribution in [2.75, 3.05) is 26.2 Å². The number of rotatable bonds is 7. The van der Waals surface area contributed by atoms with E-state index in [1.807, 2.05) is 12.1 Å². The molecule has 1 aromatic rings. The highest BCUT2D eigenvalue weighted by atomic mass is 16.3. The van der Waals surface area contributed by atoms with Gasteiger partial charge >= 0.3 is 0 Å². The molecule has 2 fully saturated rings. The summed E-state index contributed by atoms with van der Waals surface area (Å²) in [5.74, 6) is 1.38. The molecule has 3 rings (SSSR count). The molecule has 0 atom stereocenters. The molecule has 1 aliphatic carbocycles. The summed E-state index contributed by atoms with van der Waals surface area (Å²) in [7, 11) is 0. The maximum Gasteiger partial charge on any atom is 0.251 e. The van der Waals surface area contributed by atoms with E-state index in [2.05, 4.69) is 22.3 Å². The molecular weight excluding hydrogens is 288 g/mol. The molecule has 0 bridgehead atoms. The molecule has 0 radical (unpaired) electrons. The minimum Gasteiger partial charge on any atom is -0.396 e. The number of nitrogens with one attached hydrogen (secondary N) is 1. The van der Waals surface area contributed by atoms with Crippen molar-refractivity contribution in [3.8, 4) is 0 Å². The Kier molecular flexibility index (Phi) is 5.68. The van der Waals surface area contributed by atoms with Gasteiger partial charge in [0.25, 0.3) is 5.91 Å². The summed E-state index contributed by atoms with van der Waals surface area (Å²) in [6.45, 7) is 4.15. The lowest BCUT2D eigenvalue weighted by Crippen LogP contribution is -2.34. The van der Waals surface area contributed by atoms with Crippen molar-refractivity contribution in [3.63, 3.8) is 0 Å². The number of nitrogens with zero attached hydrogens (tertiary/aromatic N) is 1. The lowest BCUT2D eigenvalue weighted by molar-refractivity contribution is 0.0952. The van der Waals surface area contributed by atoms with Crippen LogP contribution in [0, 0.1) is 11.8 Å². The van der Waals surface area contributed by atoms with Gasteiger partial charge < -0.3 is 10.4 Å². The number of hydrogen-bond acceptors (Lipinski definition) is 3. The van der Waals surface area contributed by atoms with Gasteiger partial charge in [0, 0.05) is 25.3 Å². The van der Waals surface area contributed by atoms with Gasteiger partial charge in [0.2, 0.25) is 0 Å². The van der Waals surface area contributed by atoms with Crippen molar-refractivity contribution >= 4 is 5.91 Å². The molecule has 0 unspecified atom stereocenters. The fourth-order valence-corrected chi connectivity index (χ4v) is 3.25. The molecule has 1 saturated carbocycles. The number of carbonyl (C=O) groups excluding carboxylic acids is 1. The number of aliphatic hydroxyl groups excluding tert-OH is 1. The molecule has 2 N–H and O–H groups in total. The highest BCUT2D eigenvalue weighted by molar-refractivity contribution is 5.94. The van der Waals surface area contributed by atoms with Crippen LogP contribution in [-0.2, 0) is 6.54 Å². The first-order chi connectivity index (χ1) is 11.2. The second-order valence-electron chi connectivity index (χ2n) is 7.09. The summed E-state index contributed by atoms with van der Waals surface area (Å²) >= 11 is 0. The zero-order valence-corrected chi connectivity index (χ0v) is 13.8. The minimum absolute atomic E-state index is 0.0426. The number of carbonyl (C=O) groups is 1. The van der Waals surface area contributed by atoms with E-state index in [1.165, 1.54) is 18.4 Å². The molecule has 4 nitrogen and oxygen atoms in total. The molecule has 126 valence electrons. The lowest BCUT2D eigenvalue weighted by atomic mass is 9.97. The molecule has 1 aromatic carbocycles. The second kappa shape index (κ2) is 7.93. The van der Waals surface area contributed by atoms with Gasteiger partial charge in [-0.1, -0.05) is 25.0 Å². The van der Waals surface area contributed by atoms with Gasteiger partial charge in [-0.05, 0) is 61.9 Å². The second-order valence-corrected chi connectivity index (χ2v) is 7.09. The largest absolute Gasteiger partial charge is 0.396 e. The standard InChI is InChI=1S/C19H28N2O2/c22-14-17-8-11-21(12-9-17)13-16-3-5-18(6-4-16)19(23)20-10-7-15-1-2-15/h3-6,15,17,22H,1-2,7-14H2,(H,20,23). The van der Waals surface area contributed by atoms with Crippen molar-refractivity contribution in [1.82, 2.24) is 10.2 Å². The van der Waals surface area contributed by atoms with Crippen LogP contribution in [0.4, 0.5) is 0 Å². The third-order valence-corrected chi connectivity index (χ3v) is 5.12. The van der Waals surface area contributed by atoms with Gasteiger partial charge in [0.15, 0.2) is 0 Å². The van der Waals surface area contributed by atoms with E-state index in [-0.39, 0.29) is 5.91 Å². The Morgan fingerprint density at radius 2 is 1.78 bits per heavy atom. The lowest BCUT2D eigenvalue weighted by Gasteiger charge is -2.31. The quantitative estimate of drug-likeness (QED) is 0.812. The van der Waals surface area contributed by atoms with Crippen LogP contribution in [0.2, 0.25) is 0 Å². The molecule has 1 aliphatic heterocycles. The summed E-state index contributed by atoms with van der Waals surface area (Å²) in [5, 5.41) is 12.2. The van der Waals surface area contributed by atoms with Gasteiger partial charge in [0.1, 0.15) is 0 Å². The van der Waals surface area contributed by atoms with Crippen LogP contribution < -0.4 is 5.32 Å². The molecule has 1 amide bonds. The smallest absolute Gasteiger partial charge is 0.251 e. The number of aliphatic hydroxyl groups is 1.